The highest BCUT2D eigenvalue weighted by Crippen LogP contribution is 2.27. The summed E-state index contributed by atoms with van der Waals surface area (Å²) in [6, 6.07) is 18.1. The number of para-hydroxylation sites is 1. The molecule has 1 N–H and O–H groups in total. The molecule has 28 heavy (non-hydrogen) atoms. The summed E-state index contributed by atoms with van der Waals surface area (Å²) in [5, 5.41) is 3.18. The van der Waals surface area contributed by atoms with Gasteiger partial charge in [0.2, 0.25) is 0 Å². The van der Waals surface area contributed by atoms with Crippen LogP contribution in [0.3, 0.4) is 0 Å². The van der Waals surface area contributed by atoms with Crippen LogP contribution >= 0.6 is 0 Å². The quantitative estimate of drug-likeness (QED) is 0.566. The van der Waals surface area contributed by atoms with Gasteiger partial charge in [0.15, 0.2) is 11.0 Å². The van der Waals surface area contributed by atoms with E-state index < -0.39 is 0 Å². The number of pyridine rings is 1. The van der Waals surface area contributed by atoms with Crippen molar-refractivity contribution >= 4 is 22.7 Å². The van der Waals surface area contributed by atoms with Crippen LogP contribution in [0.15, 0.2) is 76.1 Å². The molecule has 2 heterocycles. The van der Waals surface area contributed by atoms with E-state index in [0.717, 1.165) is 11.1 Å². The lowest BCUT2D eigenvalue weighted by Gasteiger charge is -2.11. The lowest BCUT2D eigenvalue weighted by atomic mass is 10.0. The van der Waals surface area contributed by atoms with Crippen LogP contribution in [-0.4, -0.2) is 10.9 Å². The normalized spacial score (nSPS) is 10.8. The van der Waals surface area contributed by atoms with Gasteiger partial charge < -0.3 is 9.73 Å². The van der Waals surface area contributed by atoms with E-state index in [2.05, 4.69) is 10.3 Å². The predicted octanol–water partition coefficient (Wildman–Crippen LogP) is 4.72. The molecule has 2 aromatic carbocycles. The molecular formula is C23H18N2O3. The number of fused-ring (bicyclic) bond motifs is 1. The molecule has 0 saturated carbocycles. The van der Waals surface area contributed by atoms with Crippen LogP contribution in [0.2, 0.25) is 0 Å². The summed E-state index contributed by atoms with van der Waals surface area (Å²) >= 11 is 0. The molecule has 1 amide bonds. The minimum Gasteiger partial charge on any atom is -0.455 e. The van der Waals surface area contributed by atoms with E-state index in [-0.39, 0.29) is 22.5 Å². The van der Waals surface area contributed by atoms with Gasteiger partial charge in [-0.05, 0) is 37.6 Å². The SMILES string of the molecule is Cc1cccnc1NC(=O)c1cccc2c(=O)c(C)c(-c3ccccc3)oc12. The van der Waals surface area contributed by atoms with Crippen molar-refractivity contribution < 1.29 is 9.21 Å². The van der Waals surface area contributed by atoms with Gasteiger partial charge in [-0.25, -0.2) is 4.98 Å². The van der Waals surface area contributed by atoms with Crippen molar-refractivity contribution in [2.75, 3.05) is 5.32 Å². The van der Waals surface area contributed by atoms with Crippen LogP contribution in [0.5, 0.6) is 0 Å². The number of hydrogen-bond donors (Lipinski definition) is 1. The molecule has 5 heteroatoms. The molecule has 2 aromatic heterocycles. The minimum absolute atomic E-state index is 0.149. The summed E-state index contributed by atoms with van der Waals surface area (Å²) in [5.74, 6) is 0.563. The van der Waals surface area contributed by atoms with Crippen LogP contribution in [0.4, 0.5) is 5.82 Å². The molecular weight excluding hydrogens is 352 g/mol. The van der Waals surface area contributed by atoms with Crippen molar-refractivity contribution in [2.45, 2.75) is 13.8 Å². The van der Waals surface area contributed by atoms with Gasteiger partial charge in [0, 0.05) is 17.3 Å². The third kappa shape index (κ3) is 3.07. The molecule has 0 aliphatic carbocycles. The van der Waals surface area contributed by atoms with Crippen molar-refractivity contribution in [1.29, 1.82) is 0 Å². The Balaban J connectivity index is 1.88. The predicted molar refractivity (Wildman–Crippen MR) is 110 cm³/mol. The molecule has 0 radical (unpaired) electrons. The fourth-order valence-electron chi connectivity index (χ4n) is 3.14. The summed E-state index contributed by atoms with van der Waals surface area (Å²) in [6.45, 7) is 3.60. The molecule has 5 nitrogen and oxygen atoms in total. The second-order valence-corrected chi connectivity index (χ2v) is 6.56. The highest BCUT2D eigenvalue weighted by molar-refractivity contribution is 6.11. The number of nitrogens with zero attached hydrogens (tertiary/aromatic N) is 1. The van der Waals surface area contributed by atoms with E-state index in [1.165, 1.54) is 0 Å². The molecule has 0 bridgehead atoms. The van der Waals surface area contributed by atoms with Crippen molar-refractivity contribution in [3.63, 3.8) is 0 Å². The summed E-state index contributed by atoms with van der Waals surface area (Å²) < 4.78 is 6.10. The summed E-state index contributed by atoms with van der Waals surface area (Å²) in [5.41, 5.74) is 2.55. The second kappa shape index (κ2) is 7.12. The van der Waals surface area contributed by atoms with Crippen molar-refractivity contribution in [2.24, 2.45) is 0 Å². The summed E-state index contributed by atoms with van der Waals surface area (Å²) in [4.78, 5) is 30.0. The Hall–Kier alpha value is -3.73. The van der Waals surface area contributed by atoms with Gasteiger partial charge in [-0.15, -0.1) is 0 Å². The van der Waals surface area contributed by atoms with Crippen LogP contribution < -0.4 is 10.7 Å². The Morgan fingerprint density at radius 2 is 1.75 bits per heavy atom. The van der Waals surface area contributed by atoms with Gasteiger partial charge in [0.25, 0.3) is 5.91 Å². The molecule has 0 fully saturated rings. The van der Waals surface area contributed by atoms with Gasteiger partial charge in [-0.1, -0.05) is 42.5 Å². The van der Waals surface area contributed by atoms with Crippen molar-refractivity contribution in [1.82, 2.24) is 4.98 Å². The lowest BCUT2D eigenvalue weighted by molar-refractivity contribution is 0.102. The monoisotopic (exact) mass is 370 g/mol. The van der Waals surface area contributed by atoms with E-state index in [0.29, 0.717) is 22.5 Å². The minimum atomic E-state index is -0.376. The lowest BCUT2D eigenvalue weighted by Crippen LogP contribution is -2.16. The van der Waals surface area contributed by atoms with Crippen LogP contribution in [0, 0.1) is 13.8 Å². The number of anilines is 1. The number of nitrogens with one attached hydrogen (secondary N) is 1. The molecule has 4 aromatic rings. The average molecular weight is 370 g/mol. The Kier molecular flexibility index (Phi) is 4.49. The fraction of sp³-hybridized carbons (Fsp3) is 0.0870. The molecule has 0 atom stereocenters. The molecule has 0 aliphatic heterocycles. The van der Waals surface area contributed by atoms with Gasteiger partial charge in [0.05, 0.1) is 10.9 Å². The zero-order valence-corrected chi connectivity index (χ0v) is 15.5. The molecule has 0 unspecified atom stereocenters. The molecule has 0 spiro atoms. The second-order valence-electron chi connectivity index (χ2n) is 6.56. The van der Waals surface area contributed by atoms with Gasteiger partial charge in [-0.2, -0.15) is 0 Å². The Bertz CT molecular complexity index is 1240. The Morgan fingerprint density at radius 1 is 0.964 bits per heavy atom. The smallest absolute Gasteiger partial charge is 0.260 e. The topological polar surface area (TPSA) is 72.2 Å². The molecule has 0 saturated heterocycles. The van der Waals surface area contributed by atoms with E-state index in [1.54, 1.807) is 37.4 Å². The van der Waals surface area contributed by atoms with Crippen LogP contribution in [0.1, 0.15) is 21.5 Å². The summed E-state index contributed by atoms with van der Waals surface area (Å²) in [7, 11) is 0. The first-order valence-corrected chi connectivity index (χ1v) is 8.91. The first kappa shape index (κ1) is 17.7. The summed E-state index contributed by atoms with van der Waals surface area (Å²) in [6.07, 6.45) is 1.61. The first-order chi connectivity index (χ1) is 13.6. The number of aromatic nitrogens is 1. The average Bonchev–Trinajstić information content (AvgIpc) is 2.72. The highest BCUT2D eigenvalue weighted by atomic mass is 16.3. The largest absolute Gasteiger partial charge is 0.455 e. The number of carbonyl (C=O) groups excluding carboxylic acids is 1. The number of hydrogen-bond acceptors (Lipinski definition) is 4. The standard InChI is InChI=1S/C23H18N2O3/c1-14-8-7-13-24-22(14)25-23(27)18-12-6-11-17-19(26)15(2)20(28-21(17)18)16-9-4-3-5-10-16/h3-13H,1-2H3,(H,24,25,27). The molecule has 138 valence electrons. The maximum absolute atomic E-state index is 12.9. The number of carbonyl (C=O) groups is 1. The third-order valence-electron chi connectivity index (χ3n) is 4.67. The van der Waals surface area contributed by atoms with Crippen molar-refractivity contribution in [3.05, 3.63) is 93.8 Å². The number of amides is 1. The Labute approximate surface area is 161 Å². The zero-order chi connectivity index (χ0) is 19.7. The number of benzene rings is 2. The van der Waals surface area contributed by atoms with Crippen LogP contribution in [0.25, 0.3) is 22.3 Å². The van der Waals surface area contributed by atoms with Gasteiger partial charge in [-0.3, -0.25) is 9.59 Å². The number of rotatable bonds is 3. The first-order valence-electron chi connectivity index (χ1n) is 8.91. The maximum Gasteiger partial charge on any atom is 0.260 e. The highest BCUT2D eigenvalue weighted by Gasteiger charge is 2.19. The molecule has 0 aliphatic rings. The van der Waals surface area contributed by atoms with Gasteiger partial charge >= 0.3 is 0 Å². The fourth-order valence-corrected chi connectivity index (χ4v) is 3.14. The zero-order valence-electron chi connectivity index (χ0n) is 15.5. The third-order valence-corrected chi connectivity index (χ3v) is 4.67. The van der Waals surface area contributed by atoms with E-state index in [4.69, 9.17) is 4.42 Å². The van der Waals surface area contributed by atoms with Crippen LogP contribution in [-0.2, 0) is 0 Å². The van der Waals surface area contributed by atoms with E-state index >= 15 is 0 Å². The Morgan fingerprint density at radius 3 is 2.50 bits per heavy atom. The molecule has 4 rings (SSSR count). The number of aryl methyl sites for hydroxylation is 1. The van der Waals surface area contributed by atoms with E-state index in [9.17, 15) is 9.59 Å². The van der Waals surface area contributed by atoms with Gasteiger partial charge in [0.1, 0.15) is 11.6 Å². The van der Waals surface area contributed by atoms with E-state index in [1.807, 2.05) is 43.3 Å². The van der Waals surface area contributed by atoms with Crippen molar-refractivity contribution in [3.8, 4) is 11.3 Å². The maximum atomic E-state index is 12.9.